The first-order valence-corrected chi connectivity index (χ1v) is 11.9. The lowest BCUT2D eigenvalue weighted by molar-refractivity contribution is 0.0954. The summed E-state index contributed by atoms with van der Waals surface area (Å²) in [6.45, 7) is 4.28. The van der Waals surface area contributed by atoms with Gasteiger partial charge in [0.2, 0.25) is 0 Å². The fraction of sp³-hybridized carbons (Fsp3) is 0.160. The molecule has 164 valence electrons. The zero-order chi connectivity index (χ0) is 22.7. The predicted molar refractivity (Wildman–Crippen MR) is 128 cm³/mol. The van der Waals surface area contributed by atoms with Crippen molar-refractivity contribution in [2.45, 2.75) is 25.2 Å². The Balaban J connectivity index is 1.39. The van der Waals surface area contributed by atoms with Crippen molar-refractivity contribution in [3.05, 3.63) is 95.2 Å². The van der Waals surface area contributed by atoms with Gasteiger partial charge in [-0.15, -0.1) is 0 Å². The molecule has 4 rings (SSSR count). The van der Waals surface area contributed by atoms with Crippen LogP contribution >= 0.6 is 0 Å². The highest BCUT2D eigenvalue weighted by Crippen LogP contribution is 2.22. The second kappa shape index (κ2) is 8.88. The molecule has 0 bridgehead atoms. The Morgan fingerprint density at radius 2 is 1.69 bits per heavy atom. The van der Waals surface area contributed by atoms with Crippen molar-refractivity contribution in [1.82, 2.24) is 10.3 Å². The van der Waals surface area contributed by atoms with E-state index >= 15 is 0 Å². The summed E-state index contributed by atoms with van der Waals surface area (Å²) in [6, 6.07) is 19.4. The van der Waals surface area contributed by atoms with Gasteiger partial charge >= 0.3 is 0 Å². The van der Waals surface area contributed by atoms with Gasteiger partial charge in [-0.2, -0.15) is 0 Å². The number of sulfonamides is 1. The van der Waals surface area contributed by atoms with E-state index in [1.54, 1.807) is 6.07 Å². The van der Waals surface area contributed by atoms with Gasteiger partial charge in [0.05, 0.1) is 10.6 Å². The second-order valence-electron chi connectivity index (χ2n) is 7.74. The molecule has 0 aliphatic carbocycles. The molecule has 0 aliphatic heterocycles. The van der Waals surface area contributed by atoms with E-state index in [-0.39, 0.29) is 10.8 Å². The van der Waals surface area contributed by atoms with Crippen LogP contribution in [0.2, 0.25) is 0 Å². The van der Waals surface area contributed by atoms with Crippen molar-refractivity contribution in [1.29, 1.82) is 0 Å². The summed E-state index contributed by atoms with van der Waals surface area (Å²) in [5.41, 5.74) is 5.05. The van der Waals surface area contributed by atoms with E-state index in [0.29, 0.717) is 24.2 Å². The minimum absolute atomic E-state index is 0.105. The molecule has 0 spiro atoms. The van der Waals surface area contributed by atoms with E-state index in [4.69, 9.17) is 0 Å². The number of benzene rings is 3. The fourth-order valence-electron chi connectivity index (χ4n) is 3.60. The Hall–Kier alpha value is -3.58. The average molecular weight is 448 g/mol. The van der Waals surface area contributed by atoms with Crippen LogP contribution in [0.4, 0.5) is 5.69 Å². The van der Waals surface area contributed by atoms with E-state index in [1.807, 2.05) is 50.4 Å². The number of amides is 1. The highest BCUT2D eigenvalue weighted by Gasteiger charge is 2.16. The number of H-pyrrole nitrogens is 1. The largest absolute Gasteiger partial charge is 0.361 e. The summed E-state index contributed by atoms with van der Waals surface area (Å²) in [4.78, 5) is 15.8. The number of rotatable bonds is 7. The Labute approximate surface area is 187 Å². The number of para-hydroxylation sites is 1. The molecule has 0 atom stereocenters. The molecule has 4 aromatic rings. The molecule has 0 aliphatic rings. The molecular formula is C25H25N3O3S. The third-order valence-electron chi connectivity index (χ3n) is 5.63. The van der Waals surface area contributed by atoms with Gasteiger partial charge in [0.1, 0.15) is 0 Å². The van der Waals surface area contributed by atoms with E-state index in [9.17, 15) is 13.2 Å². The van der Waals surface area contributed by atoms with Crippen LogP contribution in [0.5, 0.6) is 0 Å². The van der Waals surface area contributed by atoms with E-state index in [2.05, 4.69) is 21.1 Å². The third kappa shape index (κ3) is 4.53. The van der Waals surface area contributed by atoms with Crippen molar-refractivity contribution in [3.8, 4) is 0 Å². The van der Waals surface area contributed by atoms with E-state index < -0.39 is 10.0 Å². The van der Waals surface area contributed by atoms with Gasteiger partial charge in [-0.3, -0.25) is 9.52 Å². The number of hydrogen-bond acceptors (Lipinski definition) is 3. The van der Waals surface area contributed by atoms with Gasteiger partial charge in [0.15, 0.2) is 0 Å². The minimum atomic E-state index is -3.75. The Morgan fingerprint density at radius 1 is 0.938 bits per heavy atom. The molecule has 0 unspecified atom stereocenters. The topological polar surface area (TPSA) is 91.1 Å². The first-order chi connectivity index (χ1) is 15.3. The number of carbonyl (C=O) groups is 1. The molecule has 6 nitrogen and oxygen atoms in total. The molecule has 0 saturated carbocycles. The van der Waals surface area contributed by atoms with Crippen LogP contribution in [-0.4, -0.2) is 25.9 Å². The number of carbonyl (C=O) groups excluding carboxylic acids is 1. The summed E-state index contributed by atoms with van der Waals surface area (Å²) >= 11 is 0. The number of aromatic nitrogens is 1. The second-order valence-corrected chi connectivity index (χ2v) is 9.43. The Morgan fingerprint density at radius 3 is 2.47 bits per heavy atom. The van der Waals surface area contributed by atoms with Crippen LogP contribution in [0.25, 0.3) is 10.9 Å². The van der Waals surface area contributed by atoms with Crippen LogP contribution in [-0.2, 0) is 16.4 Å². The number of nitrogens with one attached hydrogen (secondary N) is 3. The lowest BCUT2D eigenvalue weighted by Crippen LogP contribution is -2.25. The molecule has 3 aromatic carbocycles. The molecule has 7 heteroatoms. The van der Waals surface area contributed by atoms with E-state index in [0.717, 1.165) is 27.6 Å². The predicted octanol–water partition coefficient (Wildman–Crippen LogP) is 4.56. The van der Waals surface area contributed by atoms with Gasteiger partial charge in [0, 0.05) is 29.2 Å². The number of aromatic amines is 1. The summed E-state index contributed by atoms with van der Waals surface area (Å²) in [7, 11) is -3.75. The summed E-state index contributed by atoms with van der Waals surface area (Å²) in [5, 5.41) is 4.04. The Kier molecular flexibility index (Phi) is 6.01. The lowest BCUT2D eigenvalue weighted by Gasteiger charge is -2.12. The summed E-state index contributed by atoms with van der Waals surface area (Å²) in [6.07, 6.45) is 2.65. The summed E-state index contributed by atoms with van der Waals surface area (Å²) < 4.78 is 28.1. The van der Waals surface area contributed by atoms with Gasteiger partial charge in [-0.05, 0) is 73.4 Å². The standard InChI is InChI=1S/C25H25N3O3S/c1-17-6-5-9-23(18(17)2)28-32(30,31)21-12-10-19(11-13-21)25(29)26-15-14-20-16-27-24-8-4-3-7-22(20)24/h3-13,16,27-28H,14-15H2,1-2H3,(H,26,29). The normalized spacial score (nSPS) is 11.4. The average Bonchev–Trinajstić information content (AvgIpc) is 3.20. The van der Waals surface area contributed by atoms with Crippen LogP contribution in [0.15, 0.2) is 77.8 Å². The molecule has 1 amide bonds. The molecule has 0 radical (unpaired) electrons. The maximum absolute atomic E-state index is 12.7. The van der Waals surface area contributed by atoms with Crippen LogP contribution < -0.4 is 10.0 Å². The number of hydrogen-bond donors (Lipinski definition) is 3. The van der Waals surface area contributed by atoms with Crippen molar-refractivity contribution in [3.63, 3.8) is 0 Å². The minimum Gasteiger partial charge on any atom is -0.361 e. The first-order valence-electron chi connectivity index (χ1n) is 10.4. The van der Waals surface area contributed by atoms with Crippen LogP contribution in [0, 0.1) is 13.8 Å². The summed E-state index contributed by atoms with van der Waals surface area (Å²) in [5.74, 6) is -0.240. The maximum atomic E-state index is 12.7. The van der Waals surface area contributed by atoms with Crippen molar-refractivity contribution in [2.75, 3.05) is 11.3 Å². The van der Waals surface area contributed by atoms with Gasteiger partial charge in [-0.25, -0.2) is 8.42 Å². The van der Waals surface area contributed by atoms with Crippen molar-refractivity contribution in [2.24, 2.45) is 0 Å². The van der Waals surface area contributed by atoms with Crippen molar-refractivity contribution < 1.29 is 13.2 Å². The highest BCUT2D eigenvalue weighted by molar-refractivity contribution is 7.92. The molecule has 1 aromatic heterocycles. The number of anilines is 1. The number of aryl methyl sites for hydroxylation is 1. The molecule has 1 heterocycles. The molecule has 0 saturated heterocycles. The Bertz CT molecular complexity index is 1370. The SMILES string of the molecule is Cc1cccc(NS(=O)(=O)c2ccc(C(=O)NCCc3c[nH]c4ccccc34)cc2)c1C. The van der Waals surface area contributed by atoms with Crippen molar-refractivity contribution >= 4 is 32.5 Å². The number of fused-ring (bicyclic) bond motifs is 1. The zero-order valence-corrected chi connectivity index (χ0v) is 18.8. The van der Waals surface area contributed by atoms with Gasteiger partial charge < -0.3 is 10.3 Å². The van der Waals surface area contributed by atoms with Crippen LogP contribution in [0.3, 0.4) is 0 Å². The quantitative estimate of drug-likeness (QED) is 0.388. The lowest BCUT2D eigenvalue weighted by atomic mass is 10.1. The zero-order valence-electron chi connectivity index (χ0n) is 18.0. The van der Waals surface area contributed by atoms with Crippen LogP contribution in [0.1, 0.15) is 27.0 Å². The van der Waals surface area contributed by atoms with Gasteiger partial charge in [-0.1, -0.05) is 30.3 Å². The van der Waals surface area contributed by atoms with E-state index in [1.165, 1.54) is 24.3 Å². The first kappa shape index (κ1) is 21.6. The third-order valence-corrected chi connectivity index (χ3v) is 7.01. The molecule has 32 heavy (non-hydrogen) atoms. The molecule has 0 fully saturated rings. The maximum Gasteiger partial charge on any atom is 0.261 e. The molecular weight excluding hydrogens is 422 g/mol. The highest BCUT2D eigenvalue weighted by atomic mass is 32.2. The molecule has 3 N–H and O–H groups in total. The smallest absolute Gasteiger partial charge is 0.261 e. The van der Waals surface area contributed by atoms with Gasteiger partial charge in [0.25, 0.3) is 15.9 Å². The fourth-order valence-corrected chi connectivity index (χ4v) is 4.72. The monoisotopic (exact) mass is 447 g/mol.